The van der Waals surface area contributed by atoms with Crippen LogP contribution in [0, 0.1) is 0 Å². The molecule has 0 aromatic heterocycles. The van der Waals surface area contributed by atoms with E-state index in [-0.39, 0.29) is 0 Å². The summed E-state index contributed by atoms with van der Waals surface area (Å²) in [4.78, 5) is 0. The summed E-state index contributed by atoms with van der Waals surface area (Å²) in [7, 11) is 0. The third kappa shape index (κ3) is 1.70. The highest BCUT2D eigenvalue weighted by Gasteiger charge is 2.43. The third-order valence-corrected chi connectivity index (χ3v) is 3.93. The van der Waals surface area contributed by atoms with Crippen molar-refractivity contribution < 1.29 is 9.84 Å². The van der Waals surface area contributed by atoms with Crippen molar-refractivity contribution in [1.29, 1.82) is 0 Å². The van der Waals surface area contributed by atoms with E-state index >= 15 is 0 Å². The molecule has 4 rings (SSSR count). The first-order valence-electron chi connectivity index (χ1n) is 6.93. The van der Waals surface area contributed by atoms with Crippen molar-refractivity contribution in [2.45, 2.75) is 5.60 Å². The molecule has 3 aromatic carbocycles. The Bertz CT molecular complexity index is 748. The lowest BCUT2D eigenvalue weighted by molar-refractivity contribution is 0.0326. The van der Waals surface area contributed by atoms with Crippen LogP contribution < -0.4 is 4.74 Å². The van der Waals surface area contributed by atoms with Crippen LogP contribution in [0.15, 0.2) is 78.9 Å². The summed E-state index contributed by atoms with van der Waals surface area (Å²) in [5.41, 5.74) is 0.616. The normalized spacial score (nSPS) is 14.7. The van der Waals surface area contributed by atoms with Gasteiger partial charge in [0, 0.05) is 11.1 Å². The summed E-state index contributed by atoms with van der Waals surface area (Å²) in [6, 6.07) is 24.4. The van der Waals surface area contributed by atoms with E-state index in [0.717, 1.165) is 5.56 Å². The lowest BCUT2D eigenvalue weighted by Gasteiger charge is -2.34. The van der Waals surface area contributed by atoms with Crippen molar-refractivity contribution in [3.05, 3.63) is 95.6 Å². The van der Waals surface area contributed by atoms with Crippen molar-refractivity contribution in [2.24, 2.45) is 0 Å². The lowest BCUT2D eigenvalue weighted by Crippen LogP contribution is -2.30. The number of hydrogen-bond donors (Lipinski definition) is 0. The highest BCUT2D eigenvalue weighted by molar-refractivity contribution is 5.60. The quantitative estimate of drug-likeness (QED) is 0.641. The fraction of sp³-hybridized carbons (Fsp3) is 0.0526. The van der Waals surface area contributed by atoms with Crippen LogP contribution in [0.1, 0.15) is 16.7 Å². The van der Waals surface area contributed by atoms with Gasteiger partial charge < -0.3 is 4.74 Å². The molecule has 0 saturated carbocycles. The molecule has 0 unspecified atom stereocenters. The van der Waals surface area contributed by atoms with Gasteiger partial charge in [-0.15, -0.1) is 0 Å². The Morgan fingerprint density at radius 3 is 1.67 bits per heavy atom. The van der Waals surface area contributed by atoms with E-state index < -0.39 is 5.60 Å². The molecular weight excluding hydrogens is 260 g/mol. The molecule has 101 valence electrons. The minimum Gasteiger partial charge on any atom is -0.457 e. The molecule has 0 saturated heterocycles. The number of hydrogen-bond acceptors (Lipinski definition) is 1. The third-order valence-electron chi connectivity index (χ3n) is 3.93. The highest BCUT2D eigenvalue weighted by Crippen LogP contribution is 2.50. The first-order valence-corrected chi connectivity index (χ1v) is 6.93. The van der Waals surface area contributed by atoms with E-state index in [4.69, 9.17) is 4.74 Å². The molecule has 0 amide bonds. The van der Waals surface area contributed by atoms with Gasteiger partial charge in [0.05, 0.1) is 0 Å². The predicted molar refractivity (Wildman–Crippen MR) is 80.0 cm³/mol. The fourth-order valence-electron chi connectivity index (χ4n) is 2.94. The number of benzene rings is 3. The van der Waals surface area contributed by atoms with Gasteiger partial charge >= 0.3 is 0 Å². The topological polar surface area (TPSA) is 29.1 Å². The van der Waals surface area contributed by atoms with E-state index in [2.05, 4.69) is 0 Å². The van der Waals surface area contributed by atoms with Crippen molar-refractivity contribution in [3.63, 3.8) is 0 Å². The minimum absolute atomic E-state index is 0.634. The molecule has 1 aliphatic heterocycles. The zero-order valence-corrected chi connectivity index (χ0v) is 11.3. The first kappa shape index (κ1) is 12.2. The number of ether oxygens (including phenoxy) is 1. The molecule has 2 heteroatoms. The van der Waals surface area contributed by atoms with Gasteiger partial charge in [0.15, 0.2) is 5.60 Å². The van der Waals surface area contributed by atoms with Gasteiger partial charge in [-0.2, -0.15) is 0 Å². The Morgan fingerprint density at radius 1 is 0.619 bits per heavy atom. The second-order valence-electron chi connectivity index (χ2n) is 5.14. The molecule has 2 nitrogen and oxygen atoms in total. The van der Waals surface area contributed by atoms with Crippen LogP contribution in [0.2, 0.25) is 0 Å². The van der Waals surface area contributed by atoms with Crippen molar-refractivity contribution in [1.82, 2.24) is 0 Å². The van der Waals surface area contributed by atoms with Crippen LogP contribution in [0.5, 0.6) is 11.5 Å². The van der Waals surface area contributed by atoms with Gasteiger partial charge in [0.1, 0.15) is 11.5 Å². The summed E-state index contributed by atoms with van der Waals surface area (Å²) in [6.07, 6.45) is 0. The first-order chi connectivity index (χ1) is 10.3. The van der Waals surface area contributed by atoms with Crippen molar-refractivity contribution in [2.75, 3.05) is 0 Å². The maximum atomic E-state index is 13.9. The molecule has 21 heavy (non-hydrogen) atoms. The van der Waals surface area contributed by atoms with Crippen LogP contribution >= 0.6 is 0 Å². The Kier molecular flexibility index (Phi) is 2.59. The molecule has 0 aliphatic carbocycles. The van der Waals surface area contributed by atoms with E-state index in [9.17, 15) is 5.11 Å². The molecule has 1 heterocycles. The van der Waals surface area contributed by atoms with Crippen LogP contribution in [0.25, 0.3) is 0 Å². The summed E-state index contributed by atoms with van der Waals surface area (Å²) < 4.78 is 5.89. The second kappa shape index (κ2) is 4.47. The Balaban J connectivity index is 2.06. The van der Waals surface area contributed by atoms with Gasteiger partial charge in [0.25, 0.3) is 0 Å². The fourth-order valence-corrected chi connectivity index (χ4v) is 2.94. The Hall–Kier alpha value is -2.58. The zero-order chi connectivity index (χ0) is 14.3. The monoisotopic (exact) mass is 273 g/mol. The number of fused-ring (bicyclic) bond motifs is 2. The molecule has 0 spiro atoms. The maximum absolute atomic E-state index is 13.9. The number of rotatable bonds is 1. The van der Waals surface area contributed by atoms with Gasteiger partial charge in [-0.25, -0.2) is 5.11 Å². The largest absolute Gasteiger partial charge is 0.457 e. The maximum Gasteiger partial charge on any atom is 0.186 e. The minimum atomic E-state index is -1.44. The summed E-state index contributed by atoms with van der Waals surface area (Å²) in [5, 5.41) is 13.9. The molecular formula is C19H13O2. The highest BCUT2D eigenvalue weighted by atomic mass is 16.5. The summed E-state index contributed by atoms with van der Waals surface area (Å²) in [5.74, 6) is 1.27. The molecule has 0 N–H and O–H groups in total. The summed E-state index contributed by atoms with van der Waals surface area (Å²) >= 11 is 0. The summed E-state index contributed by atoms with van der Waals surface area (Å²) in [6.45, 7) is 0. The van der Waals surface area contributed by atoms with Crippen LogP contribution in [0.3, 0.4) is 0 Å². The molecule has 1 radical (unpaired) electrons. The van der Waals surface area contributed by atoms with Crippen molar-refractivity contribution >= 4 is 0 Å². The lowest BCUT2D eigenvalue weighted by atomic mass is 9.78. The van der Waals surface area contributed by atoms with Crippen LogP contribution in [0.4, 0.5) is 0 Å². The van der Waals surface area contributed by atoms with Gasteiger partial charge in [0.2, 0.25) is 0 Å². The average Bonchev–Trinajstić information content (AvgIpc) is 2.56. The molecule has 0 bridgehead atoms. The zero-order valence-electron chi connectivity index (χ0n) is 11.3. The Morgan fingerprint density at radius 2 is 1.10 bits per heavy atom. The smallest absolute Gasteiger partial charge is 0.186 e. The molecule has 0 atom stereocenters. The molecule has 1 aliphatic rings. The van der Waals surface area contributed by atoms with E-state index in [1.807, 2.05) is 78.9 Å². The van der Waals surface area contributed by atoms with Gasteiger partial charge in [-0.1, -0.05) is 66.7 Å². The standard InChI is InChI=1S/C19H13O2/c20-19(14-8-2-1-3-9-14)15-10-4-6-12-17(15)21-18-13-7-5-11-16(18)19/h1-13H. The van der Waals surface area contributed by atoms with Crippen LogP contribution in [-0.2, 0) is 10.7 Å². The van der Waals surface area contributed by atoms with Gasteiger partial charge in [-0.3, -0.25) is 0 Å². The van der Waals surface area contributed by atoms with E-state index in [0.29, 0.717) is 22.6 Å². The van der Waals surface area contributed by atoms with E-state index in [1.54, 1.807) is 0 Å². The average molecular weight is 273 g/mol. The predicted octanol–water partition coefficient (Wildman–Crippen LogP) is 4.51. The Labute approximate surface area is 123 Å². The number of para-hydroxylation sites is 2. The molecule has 0 fully saturated rings. The molecule has 3 aromatic rings. The van der Waals surface area contributed by atoms with Crippen LogP contribution in [-0.4, -0.2) is 0 Å². The van der Waals surface area contributed by atoms with E-state index in [1.165, 1.54) is 0 Å². The van der Waals surface area contributed by atoms with Gasteiger partial charge in [-0.05, 0) is 17.7 Å². The SMILES string of the molecule is [O]C1(c2ccccc2)c2ccccc2Oc2ccccc21. The van der Waals surface area contributed by atoms with Crippen molar-refractivity contribution in [3.8, 4) is 11.5 Å². The second-order valence-corrected chi connectivity index (χ2v) is 5.14.